The Morgan fingerprint density at radius 3 is 2.53 bits per heavy atom. The monoisotopic (exact) mass is 264 g/mol. The van der Waals surface area contributed by atoms with Crippen LogP contribution in [0, 0.1) is 5.82 Å². The van der Waals surface area contributed by atoms with Crippen LogP contribution in [-0.4, -0.2) is 30.4 Å². The van der Waals surface area contributed by atoms with Crippen LogP contribution in [0.2, 0.25) is 0 Å². The second kappa shape index (κ2) is 7.24. The molecule has 0 spiro atoms. The highest BCUT2D eigenvalue weighted by Gasteiger charge is 2.12. The first kappa shape index (κ1) is 14.0. The fourth-order valence-electron chi connectivity index (χ4n) is 2.44. The van der Waals surface area contributed by atoms with Gasteiger partial charge in [0.1, 0.15) is 5.82 Å². The zero-order chi connectivity index (χ0) is 13.5. The lowest BCUT2D eigenvalue weighted by molar-refractivity contribution is -0.117. The lowest BCUT2D eigenvalue weighted by Gasteiger charge is -2.23. The van der Waals surface area contributed by atoms with E-state index in [1.54, 1.807) is 12.1 Å². The third kappa shape index (κ3) is 4.99. The average molecular weight is 264 g/mol. The van der Waals surface area contributed by atoms with Gasteiger partial charge in [-0.25, -0.2) is 4.39 Å². The summed E-state index contributed by atoms with van der Waals surface area (Å²) in [6.45, 7) is 2.36. The normalized spacial score (nSPS) is 17.5. The molecule has 0 bridgehead atoms. The molecule has 19 heavy (non-hydrogen) atoms. The van der Waals surface area contributed by atoms with Gasteiger partial charge in [0.2, 0.25) is 5.91 Å². The van der Waals surface area contributed by atoms with Gasteiger partial charge in [-0.3, -0.25) is 9.69 Å². The largest absolute Gasteiger partial charge is 0.325 e. The van der Waals surface area contributed by atoms with E-state index in [2.05, 4.69) is 10.2 Å². The number of amides is 1. The van der Waals surface area contributed by atoms with Crippen molar-refractivity contribution < 1.29 is 9.18 Å². The molecule has 1 amide bonds. The van der Waals surface area contributed by atoms with E-state index in [4.69, 9.17) is 0 Å². The maximum atomic E-state index is 13.0. The minimum absolute atomic E-state index is 0.0637. The van der Waals surface area contributed by atoms with E-state index in [0.29, 0.717) is 12.2 Å². The van der Waals surface area contributed by atoms with Gasteiger partial charge in [-0.2, -0.15) is 0 Å². The summed E-state index contributed by atoms with van der Waals surface area (Å²) in [7, 11) is 0. The van der Waals surface area contributed by atoms with E-state index in [1.807, 2.05) is 0 Å². The molecule has 4 heteroatoms. The second-order valence-corrected chi connectivity index (χ2v) is 5.10. The Labute approximate surface area is 113 Å². The molecule has 104 valence electrons. The minimum atomic E-state index is -0.330. The van der Waals surface area contributed by atoms with Crippen molar-refractivity contribution in [3.05, 3.63) is 30.1 Å². The minimum Gasteiger partial charge on any atom is -0.325 e. The van der Waals surface area contributed by atoms with Crippen LogP contribution in [-0.2, 0) is 4.79 Å². The number of nitrogens with zero attached hydrogens (tertiary/aromatic N) is 1. The maximum Gasteiger partial charge on any atom is 0.238 e. The maximum absolute atomic E-state index is 13.0. The Hall–Kier alpha value is -1.42. The van der Waals surface area contributed by atoms with Gasteiger partial charge >= 0.3 is 0 Å². The number of hydrogen-bond acceptors (Lipinski definition) is 2. The highest BCUT2D eigenvalue weighted by Crippen LogP contribution is 2.12. The quantitative estimate of drug-likeness (QED) is 0.910. The molecule has 0 aromatic heterocycles. The molecule has 1 aliphatic rings. The fraction of sp³-hybridized carbons (Fsp3) is 0.533. The molecular weight excluding hydrogens is 243 g/mol. The lowest BCUT2D eigenvalue weighted by Crippen LogP contribution is -2.35. The third-order valence-corrected chi connectivity index (χ3v) is 3.42. The summed E-state index contributed by atoms with van der Waals surface area (Å²) >= 11 is 0. The Kier molecular flexibility index (Phi) is 5.33. The third-order valence-electron chi connectivity index (χ3n) is 3.42. The van der Waals surface area contributed by atoms with Crippen LogP contribution in [0.1, 0.15) is 32.1 Å². The Bertz CT molecular complexity index is 414. The molecule has 1 aromatic rings. The number of likely N-dealkylation sites (tertiary alicyclic amines) is 1. The van der Waals surface area contributed by atoms with E-state index < -0.39 is 0 Å². The summed E-state index contributed by atoms with van der Waals surface area (Å²) in [5.74, 6) is -0.393. The van der Waals surface area contributed by atoms with Crippen LogP contribution >= 0.6 is 0 Å². The van der Waals surface area contributed by atoms with Crippen molar-refractivity contribution in [2.75, 3.05) is 25.0 Å². The molecule has 3 nitrogen and oxygen atoms in total. The van der Waals surface area contributed by atoms with E-state index in [9.17, 15) is 9.18 Å². The van der Waals surface area contributed by atoms with Crippen molar-refractivity contribution in [3.8, 4) is 0 Å². The van der Waals surface area contributed by atoms with E-state index in [0.717, 1.165) is 25.9 Å². The summed E-state index contributed by atoms with van der Waals surface area (Å²) in [5, 5.41) is 2.75. The van der Waals surface area contributed by atoms with Crippen molar-refractivity contribution in [1.82, 2.24) is 4.90 Å². The summed E-state index contributed by atoms with van der Waals surface area (Å²) in [6, 6.07) is 6.01. The number of anilines is 1. The van der Waals surface area contributed by atoms with Crippen molar-refractivity contribution in [2.24, 2.45) is 0 Å². The van der Waals surface area contributed by atoms with Crippen LogP contribution in [0.25, 0.3) is 0 Å². The van der Waals surface area contributed by atoms with Gasteiger partial charge < -0.3 is 5.32 Å². The zero-order valence-corrected chi connectivity index (χ0v) is 11.2. The Morgan fingerprint density at radius 2 is 1.84 bits per heavy atom. The zero-order valence-electron chi connectivity index (χ0n) is 11.2. The fourth-order valence-corrected chi connectivity index (χ4v) is 2.44. The number of carbonyl (C=O) groups is 1. The number of carbonyl (C=O) groups excluding carboxylic acids is 1. The summed E-state index contributed by atoms with van der Waals surface area (Å²) < 4.78 is 13.0. The molecule has 1 heterocycles. The second-order valence-electron chi connectivity index (χ2n) is 5.10. The van der Waals surface area contributed by atoms with Gasteiger partial charge in [0.15, 0.2) is 0 Å². The van der Waals surface area contributed by atoms with Crippen LogP contribution in [0.3, 0.4) is 0 Å². The highest BCUT2D eigenvalue weighted by atomic mass is 19.1. The molecule has 1 aromatic carbocycles. The number of nitrogens with one attached hydrogen (secondary N) is 1. The number of benzene rings is 1. The molecule has 1 N–H and O–H groups in total. The Balaban J connectivity index is 1.82. The van der Waals surface area contributed by atoms with Gasteiger partial charge in [-0.05, 0) is 44.1 Å². The molecule has 1 aliphatic heterocycles. The number of rotatable bonds is 3. The standard InChI is InChI=1S/C15H21FN2O/c16-13-7-6-8-14(11-13)17-15(19)12-18-9-4-2-1-3-5-10-18/h6-8,11H,1-5,9-10,12H2,(H,17,19). The van der Waals surface area contributed by atoms with Crippen LogP contribution in [0.4, 0.5) is 10.1 Å². The van der Waals surface area contributed by atoms with Crippen molar-refractivity contribution >= 4 is 11.6 Å². The van der Waals surface area contributed by atoms with E-state index in [1.165, 1.54) is 31.4 Å². The molecule has 1 saturated heterocycles. The molecule has 0 atom stereocenters. The predicted molar refractivity (Wildman–Crippen MR) is 74.6 cm³/mol. The first-order valence-electron chi connectivity index (χ1n) is 7.02. The lowest BCUT2D eigenvalue weighted by atomic mass is 10.1. The summed E-state index contributed by atoms with van der Waals surface area (Å²) in [6.07, 6.45) is 6.13. The van der Waals surface area contributed by atoms with Crippen molar-refractivity contribution in [2.45, 2.75) is 32.1 Å². The van der Waals surface area contributed by atoms with Crippen LogP contribution in [0.5, 0.6) is 0 Å². The highest BCUT2D eigenvalue weighted by molar-refractivity contribution is 5.92. The van der Waals surface area contributed by atoms with Crippen LogP contribution < -0.4 is 5.32 Å². The van der Waals surface area contributed by atoms with Gasteiger partial charge in [-0.1, -0.05) is 25.3 Å². The first-order chi connectivity index (χ1) is 9.24. The Morgan fingerprint density at radius 1 is 1.16 bits per heavy atom. The predicted octanol–water partition coefficient (Wildman–Crippen LogP) is 3.03. The smallest absolute Gasteiger partial charge is 0.238 e. The molecule has 0 radical (unpaired) electrons. The SMILES string of the molecule is O=C(CN1CCCCCCC1)Nc1cccc(F)c1. The molecule has 0 aliphatic carbocycles. The van der Waals surface area contributed by atoms with Gasteiger partial charge in [0, 0.05) is 5.69 Å². The van der Waals surface area contributed by atoms with Crippen molar-refractivity contribution in [1.29, 1.82) is 0 Å². The first-order valence-corrected chi connectivity index (χ1v) is 7.02. The summed E-state index contributed by atoms with van der Waals surface area (Å²) in [4.78, 5) is 14.1. The molecule has 2 rings (SSSR count). The van der Waals surface area contributed by atoms with Crippen LogP contribution in [0.15, 0.2) is 24.3 Å². The van der Waals surface area contributed by atoms with E-state index >= 15 is 0 Å². The van der Waals surface area contributed by atoms with Gasteiger partial charge in [0.05, 0.1) is 6.54 Å². The topological polar surface area (TPSA) is 32.3 Å². The van der Waals surface area contributed by atoms with Gasteiger partial charge in [0.25, 0.3) is 0 Å². The van der Waals surface area contributed by atoms with Crippen molar-refractivity contribution in [3.63, 3.8) is 0 Å². The average Bonchev–Trinajstić information content (AvgIpc) is 2.32. The molecule has 0 saturated carbocycles. The summed E-state index contributed by atoms with van der Waals surface area (Å²) in [5.41, 5.74) is 0.525. The van der Waals surface area contributed by atoms with E-state index in [-0.39, 0.29) is 11.7 Å². The van der Waals surface area contributed by atoms with Gasteiger partial charge in [-0.15, -0.1) is 0 Å². The molecule has 1 fully saturated rings. The molecular formula is C15H21FN2O. The number of hydrogen-bond donors (Lipinski definition) is 1. The number of halogens is 1. The molecule has 0 unspecified atom stereocenters.